The first-order valence-electron chi connectivity index (χ1n) is 4.45. The molecule has 1 fully saturated rings. The largest absolute Gasteiger partial charge is 0.319 e. The Morgan fingerprint density at radius 3 is 2.50 bits per heavy atom. The van der Waals surface area contributed by atoms with Crippen LogP contribution in [0.4, 0.5) is 0 Å². The Morgan fingerprint density at radius 2 is 2.00 bits per heavy atom. The number of ketones is 1. The summed E-state index contributed by atoms with van der Waals surface area (Å²) in [6.45, 7) is 0. The highest BCUT2D eigenvalue weighted by molar-refractivity contribution is 5.89. The van der Waals surface area contributed by atoms with Crippen LogP contribution < -0.4 is 5.73 Å². The van der Waals surface area contributed by atoms with E-state index in [1.165, 1.54) is 6.42 Å². The minimum absolute atomic E-state index is 0.0460. The number of nitrogens with two attached hydrogens (primary N) is 1. The van der Waals surface area contributed by atoms with Crippen LogP contribution in [-0.4, -0.2) is 11.3 Å². The Bertz CT molecular complexity index is 208. The Morgan fingerprint density at radius 1 is 1.42 bits per heavy atom. The van der Waals surface area contributed by atoms with Crippen LogP contribution in [0.2, 0.25) is 0 Å². The van der Waals surface area contributed by atoms with Crippen molar-refractivity contribution in [1.29, 1.82) is 0 Å². The Kier molecular flexibility index (Phi) is 2.88. The summed E-state index contributed by atoms with van der Waals surface area (Å²) in [7, 11) is 0. The molecule has 0 amide bonds. The van der Waals surface area contributed by atoms with E-state index in [0.29, 0.717) is 0 Å². The lowest BCUT2D eigenvalue weighted by Crippen LogP contribution is -2.49. The van der Waals surface area contributed by atoms with E-state index in [2.05, 4.69) is 5.92 Å². The fraction of sp³-hybridized carbons (Fsp3) is 0.700. The summed E-state index contributed by atoms with van der Waals surface area (Å²) in [5.74, 6) is 2.41. The van der Waals surface area contributed by atoms with E-state index in [9.17, 15) is 4.79 Å². The molecule has 0 radical (unpaired) electrons. The lowest BCUT2D eigenvalue weighted by atomic mass is 9.78. The molecule has 1 aliphatic carbocycles. The second-order valence-corrected chi connectivity index (χ2v) is 3.52. The summed E-state index contributed by atoms with van der Waals surface area (Å²) in [5, 5.41) is 0. The quantitative estimate of drug-likeness (QED) is 0.625. The molecule has 1 saturated carbocycles. The van der Waals surface area contributed by atoms with Gasteiger partial charge in [0, 0.05) is 0 Å². The lowest BCUT2D eigenvalue weighted by molar-refractivity contribution is -0.124. The number of carbonyl (C=O) groups is 1. The van der Waals surface area contributed by atoms with Crippen molar-refractivity contribution >= 4 is 5.78 Å². The van der Waals surface area contributed by atoms with Crippen molar-refractivity contribution in [1.82, 2.24) is 0 Å². The van der Waals surface area contributed by atoms with Crippen LogP contribution >= 0.6 is 0 Å². The smallest absolute Gasteiger partial charge is 0.164 e. The first-order valence-corrected chi connectivity index (χ1v) is 4.45. The summed E-state index contributed by atoms with van der Waals surface area (Å²) in [6, 6.07) is 0. The molecule has 1 aliphatic rings. The molecule has 0 heterocycles. The minimum atomic E-state index is -0.593. The van der Waals surface area contributed by atoms with Crippen molar-refractivity contribution in [2.45, 2.75) is 44.1 Å². The topological polar surface area (TPSA) is 43.1 Å². The molecular weight excluding hydrogens is 150 g/mol. The van der Waals surface area contributed by atoms with E-state index < -0.39 is 5.54 Å². The van der Waals surface area contributed by atoms with E-state index in [-0.39, 0.29) is 12.2 Å². The highest BCUT2D eigenvalue weighted by atomic mass is 16.1. The third-order valence-corrected chi connectivity index (χ3v) is 2.56. The average Bonchev–Trinajstić information content (AvgIpc) is 2.06. The maximum Gasteiger partial charge on any atom is 0.164 e. The maximum atomic E-state index is 11.5. The molecule has 2 nitrogen and oxygen atoms in total. The maximum absolute atomic E-state index is 11.5. The van der Waals surface area contributed by atoms with Crippen molar-refractivity contribution in [3.63, 3.8) is 0 Å². The van der Waals surface area contributed by atoms with Crippen molar-refractivity contribution in [3.05, 3.63) is 0 Å². The summed E-state index contributed by atoms with van der Waals surface area (Å²) in [6.07, 6.45) is 10.2. The zero-order valence-electron chi connectivity index (χ0n) is 7.31. The number of terminal acetylenes is 1. The second-order valence-electron chi connectivity index (χ2n) is 3.52. The number of carbonyl (C=O) groups excluding carboxylic acids is 1. The van der Waals surface area contributed by atoms with Gasteiger partial charge in [-0.1, -0.05) is 25.2 Å². The molecule has 0 aliphatic heterocycles. The molecule has 0 atom stereocenters. The Balaban J connectivity index is 2.57. The predicted octanol–water partition coefficient (Wildman–Crippen LogP) is 1.24. The summed E-state index contributed by atoms with van der Waals surface area (Å²) >= 11 is 0. The van der Waals surface area contributed by atoms with Crippen LogP contribution in [0.25, 0.3) is 0 Å². The van der Waals surface area contributed by atoms with Crippen LogP contribution in [0.3, 0.4) is 0 Å². The third kappa shape index (κ3) is 1.86. The molecule has 0 aromatic rings. The summed E-state index contributed by atoms with van der Waals surface area (Å²) < 4.78 is 0. The number of hydrogen-bond donors (Lipinski definition) is 1. The SMILES string of the molecule is C#CCC(=O)C1(N)CCCCC1. The van der Waals surface area contributed by atoms with Crippen LogP contribution in [-0.2, 0) is 4.79 Å². The molecule has 0 spiro atoms. The van der Waals surface area contributed by atoms with Gasteiger partial charge < -0.3 is 5.73 Å². The summed E-state index contributed by atoms with van der Waals surface area (Å²) in [5.41, 5.74) is 5.35. The molecule has 2 N–H and O–H groups in total. The molecule has 12 heavy (non-hydrogen) atoms. The van der Waals surface area contributed by atoms with E-state index in [0.717, 1.165) is 25.7 Å². The number of Topliss-reactive ketones (excluding diaryl/α,β-unsaturated/α-hetero) is 1. The highest BCUT2D eigenvalue weighted by Crippen LogP contribution is 2.27. The van der Waals surface area contributed by atoms with E-state index in [1.54, 1.807) is 0 Å². The van der Waals surface area contributed by atoms with Crippen LogP contribution in [0.1, 0.15) is 38.5 Å². The zero-order valence-corrected chi connectivity index (χ0v) is 7.31. The molecule has 0 saturated heterocycles. The molecule has 0 aromatic heterocycles. The third-order valence-electron chi connectivity index (χ3n) is 2.56. The average molecular weight is 165 g/mol. The molecule has 1 rings (SSSR count). The molecule has 0 aromatic carbocycles. The number of rotatable bonds is 2. The monoisotopic (exact) mass is 165 g/mol. The van der Waals surface area contributed by atoms with Gasteiger partial charge in [-0.2, -0.15) is 0 Å². The Hall–Kier alpha value is -0.810. The van der Waals surface area contributed by atoms with Gasteiger partial charge in [-0.15, -0.1) is 6.42 Å². The van der Waals surface area contributed by atoms with Crippen molar-refractivity contribution in [3.8, 4) is 12.3 Å². The van der Waals surface area contributed by atoms with Crippen molar-refractivity contribution < 1.29 is 4.79 Å². The fourth-order valence-electron chi connectivity index (χ4n) is 1.73. The molecule has 0 bridgehead atoms. The van der Waals surface area contributed by atoms with Gasteiger partial charge in [-0.05, 0) is 12.8 Å². The predicted molar refractivity (Wildman–Crippen MR) is 48.5 cm³/mol. The lowest BCUT2D eigenvalue weighted by Gasteiger charge is -2.31. The van der Waals surface area contributed by atoms with Gasteiger partial charge in [-0.25, -0.2) is 0 Å². The molecule has 0 unspecified atom stereocenters. The van der Waals surface area contributed by atoms with Gasteiger partial charge in [0.15, 0.2) is 5.78 Å². The van der Waals surface area contributed by atoms with Crippen molar-refractivity contribution in [2.24, 2.45) is 5.73 Å². The highest BCUT2D eigenvalue weighted by Gasteiger charge is 2.33. The fourth-order valence-corrected chi connectivity index (χ4v) is 1.73. The van der Waals surface area contributed by atoms with E-state index >= 15 is 0 Å². The van der Waals surface area contributed by atoms with Gasteiger partial charge in [-0.3, -0.25) is 4.79 Å². The van der Waals surface area contributed by atoms with Gasteiger partial charge in [0.05, 0.1) is 12.0 Å². The second kappa shape index (κ2) is 3.73. The minimum Gasteiger partial charge on any atom is -0.319 e. The first-order chi connectivity index (χ1) is 5.69. The normalized spacial score (nSPS) is 21.3. The van der Waals surface area contributed by atoms with Gasteiger partial charge in [0.25, 0.3) is 0 Å². The molecule has 2 heteroatoms. The van der Waals surface area contributed by atoms with E-state index in [4.69, 9.17) is 12.2 Å². The van der Waals surface area contributed by atoms with Gasteiger partial charge in [0.2, 0.25) is 0 Å². The first kappa shape index (κ1) is 9.28. The van der Waals surface area contributed by atoms with Gasteiger partial charge >= 0.3 is 0 Å². The molecule has 66 valence electrons. The number of hydrogen-bond acceptors (Lipinski definition) is 2. The van der Waals surface area contributed by atoms with Crippen molar-refractivity contribution in [2.75, 3.05) is 0 Å². The van der Waals surface area contributed by atoms with Gasteiger partial charge in [0.1, 0.15) is 0 Å². The zero-order chi connectivity index (χ0) is 9.03. The molecular formula is C10H15NO. The van der Waals surface area contributed by atoms with Crippen LogP contribution in [0.5, 0.6) is 0 Å². The standard InChI is InChI=1S/C10H15NO/c1-2-6-9(12)10(11)7-4-3-5-8-10/h1H,3-8,11H2. The summed E-state index contributed by atoms with van der Waals surface area (Å²) in [4.78, 5) is 11.5. The van der Waals surface area contributed by atoms with Crippen LogP contribution in [0.15, 0.2) is 0 Å². The Labute approximate surface area is 73.5 Å². The van der Waals surface area contributed by atoms with Crippen LogP contribution in [0, 0.1) is 12.3 Å². The van der Waals surface area contributed by atoms with E-state index in [1.807, 2.05) is 0 Å².